The molecule has 4 nitrogen and oxygen atoms in total. The lowest BCUT2D eigenvalue weighted by molar-refractivity contribution is -0.137. The summed E-state index contributed by atoms with van der Waals surface area (Å²) in [6, 6.07) is 5.72. The lowest BCUT2D eigenvalue weighted by atomic mass is 10.00. The number of piperidine rings is 1. The number of aromatic nitrogens is 1. The van der Waals surface area contributed by atoms with Gasteiger partial charge in [0.25, 0.3) is 5.91 Å². The number of nitrogens with zero attached hydrogens (tertiary/aromatic N) is 2. The molecule has 0 bridgehead atoms. The second-order valence-corrected chi connectivity index (χ2v) is 7.27. The predicted molar refractivity (Wildman–Crippen MR) is 102 cm³/mol. The van der Waals surface area contributed by atoms with Gasteiger partial charge < -0.3 is 9.64 Å². The van der Waals surface area contributed by atoms with Gasteiger partial charge in [-0.05, 0) is 50.8 Å². The largest absolute Gasteiger partial charge is 0.480 e. The molecule has 1 aromatic heterocycles. The van der Waals surface area contributed by atoms with Crippen LogP contribution in [0.15, 0.2) is 18.2 Å². The highest BCUT2D eigenvalue weighted by atomic mass is 35.5. The fraction of sp³-hybridized carbons (Fsp3) is 0.474. The van der Waals surface area contributed by atoms with Gasteiger partial charge in [-0.2, -0.15) is 0 Å². The van der Waals surface area contributed by atoms with Crippen LogP contribution in [0.4, 0.5) is 0 Å². The number of aryl methyl sites for hydroxylation is 1. The third kappa shape index (κ3) is 3.85. The van der Waals surface area contributed by atoms with Gasteiger partial charge in [-0.1, -0.05) is 30.1 Å². The van der Waals surface area contributed by atoms with Gasteiger partial charge in [0.05, 0.1) is 10.0 Å². The van der Waals surface area contributed by atoms with E-state index in [9.17, 15) is 4.79 Å². The Labute approximate surface area is 158 Å². The van der Waals surface area contributed by atoms with Gasteiger partial charge in [-0.3, -0.25) is 4.79 Å². The van der Waals surface area contributed by atoms with Crippen LogP contribution >= 0.6 is 23.2 Å². The quantitative estimate of drug-likeness (QED) is 0.747. The van der Waals surface area contributed by atoms with Crippen molar-refractivity contribution in [3.05, 3.63) is 33.9 Å². The van der Waals surface area contributed by atoms with E-state index in [4.69, 9.17) is 27.9 Å². The molecule has 3 rings (SSSR count). The van der Waals surface area contributed by atoms with Crippen molar-refractivity contribution in [2.75, 3.05) is 13.2 Å². The number of likely N-dealkylation sites (tertiary alicyclic amines) is 1. The lowest BCUT2D eigenvalue weighted by Gasteiger charge is -2.35. The minimum atomic E-state index is -0.0391. The molecule has 0 saturated carbocycles. The van der Waals surface area contributed by atoms with Crippen LogP contribution in [0.1, 0.15) is 38.3 Å². The van der Waals surface area contributed by atoms with Crippen molar-refractivity contribution in [2.45, 2.75) is 45.6 Å². The van der Waals surface area contributed by atoms with E-state index < -0.39 is 0 Å². The van der Waals surface area contributed by atoms with Gasteiger partial charge in [-0.15, -0.1) is 0 Å². The molecule has 0 spiro atoms. The summed E-state index contributed by atoms with van der Waals surface area (Å²) in [7, 11) is 0. The highest BCUT2D eigenvalue weighted by molar-refractivity contribution is 6.39. The SMILES string of the molecule is CC[C@@H]1CCCCN1C(=O)COc1c(Cl)cc(Cl)c2ccc(C)nc12. The number of benzene rings is 1. The third-order valence-corrected chi connectivity index (χ3v) is 5.33. The first-order valence-electron chi connectivity index (χ1n) is 8.69. The maximum Gasteiger partial charge on any atom is 0.260 e. The van der Waals surface area contributed by atoms with Crippen LogP contribution in [0, 0.1) is 6.92 Å². The van der Waals surface area contributed by atoms with Crippen LogP contribution in [0.3, 0.4) is 0 Å². The number of hydrogen-bond acceptors (Lipinski definition) is 3. The molecular weight excluding hydrogens is 359 g/mol. The first-order valence-corrected chi connectivity index (χ1v) is 9.44. The van der Waals surface area contributed by atoms with Crippen LogP contribution < -0.4 is 4.74 Å². The molecule has 25 heavy (non-hydrogen) atoms. The average molecular weight is 381 g/mol. The van der Waals surface area contributed by atoms with E-state index in [0.717, 1.165) is 36.9 Å². The van der Waals surface area contributed by atoms with E-state index in [1.54, 1.807) is 6.07 Å². The van der Waals surface area contributed by atoms with Crippen LogP contribution in [0.2, 0.25) is 10.0 Å². The van der Waals surface area contributed by atoms with E-state index in [0.29, 0.717) is 27.4 Å². The van der Waals surface area contributed by atoms with Crippen LogP contribution in [0.25, 0.3) is 10.9 Å². The van der Waals surface area contributed by atoms with Crippen molar-refractivity contribution in [3.63, 3.8) is 0 Å². The highest BCUT2D eigenvalue weighted by Gasteiger charge is 2.26. The summed E-state index contributed by atoms with van der Waals surface area (Å²) >= 11 is 12.6. The Kier molecular flexibility index (Phi) is 5.70. The minimum Gasteiger partial charge on any atom is -0.480 e. The van der Waals surface area contributed by atoms with Gasteiger partial charge in [-0.25, -0.2) is 4.98 Å². The van der Waals surface area contributed by atoms with Gasteiger partial charge >= 0.3 is 0 Å². The fourth-order valence-corrected chi connectivity index (χ4v) is 3.97. The summed E-state index contributed by atoms with van der Waals surface area (Å²) in [4.78, 5) is 19.1. The van der Waals surface area contributed by atoms with Gasteiger partial charge in [0.2, 0.25) is 0 Å². The molecule has 1 saturated heterocycles. The van der Waals surface area contributed by atoms with E-state index in [2.05, 4.69) is 11.9 Å². The molecule has 0 N–H and O–H groups in total. The zero-order chi connectivity index (χ0) is 18.0. The number of fused-ring (bicyclic) bond motifs is 1. The van der Waals surface area contributed by atoms with Gasteiger partial charge in [0.1, 0.15) is 5.52 Å². The Balaban J connectivity index is 1.83. The standard InChI is InChI=1S/C19H22Cl2N2O2/c1-3-13-6-4-5-9-23(13)17(24)11-25-19-16(21)10-15(20)14-8-7-12(2)22-18(14)19/h7-8,10,13H,3-6,9,11H2,1-2H3/t13-/m1/s1. The molecule has 6 heteroatoms. The first kappa shape index (κ1) is 18.3. The van der Waals surface area contributed by atoms with Crippen molar-refractivity contribution in [2.24, 2.45) is 0 Å². The zero-order valence-electron chi connectivity index (χ0n) is 14.5. The van der Waals surface area contributed by atoms with Crippen LogP contribution in [0.5, 0.6) is 5.75 Å². The monoisotopic (exact) mass is 380 g/mol. The van der Waals surface area contributed by atoms with Crippen molar-refractivity contribution in [1.29, 1.82) is 0 Å². The normalized spacial score (nSPS) is 17.8. The van der Waals surface area contributed by atoms with E-state index in [1.165, 1.54) is 6.42 Å². The Bertz CT molecular complexity index is 795. The zero-order valence-corrected chi connectivity index (χ0v) is 16.0. The molecule has 1 amide bonds. The third-order valence-electron chi connectivity index (χ3n) is 4.74. The Morgan fingerprint density at radius 3 is 2.88 bits per heavy atom. The molecule has 1 aromatic carbocycles. The molecule has 2 aromatic rings. The second-order valence-electron chi connectivity index (χ2n) is 6.45. The summed E-state index contributed by atoms with van der Waals surface area (Å²) in [5.74, 6) is 0.418. The molecule has 1 aliphatic rings. The topological polar surface area (TPSA) is 42.4 Å². The average Bonchev–Trinajstić information content (AvgIpc) is 2.60. The van der Waals surface area contributed by atoms with Gasteiger partial charge in [0, 0.05) is 23.7 Å². The second kappa shape index (κ2) is 7.79. The number of hydrogen-bond donors (Lipinski definition) is 0. The smallest absolute Gasteiger partial charge is 0.260 e. The summed E-state index contributed by atoms with van der Waals surface area (Å²) in [5, 5.41) is 1.66. The highest BCUT2D eigenvalue weighted by Crippen LogP contribution is 2.37. The number of pyridine rings is 1. The summed E-state index contributed by atoms with van der Waals surface area (Å²) in [6.07, 6.45) is 4.26. The van der Waals surface area contributed by atoms with E-state index >= 15 is 0 Å². The maximum atomic E-state index is 12.6. The summed E-state index contributed by atoms with van der Waals surface area (Å²) in [6.45, 7) is 4.77. The number of carbonyl (C=O) groups is 1. The number of carbonyl (C=O) groups excluding carboxylic acids is 1. The van der Waals surface area contributed by atoms with Crippen molar-refractivity contribution < 1.29 is 9.53 Å². The number of amides is 1. The van der Waals surface area contributed by atoms with Crippen molar-refractivity contribution in [3.8, 4) is 5.75 Å². The number of halogens is 2. The molecule has 1 atom stereocenters. The Hall–Kier alpha value is -1.52. The Morgan fingerprint density at radius 2 is 2.12 bits per heavy atom. The molecule has 2 heterocycles. The first-order chi connectivity index (χ1) is 12.0. The molecule has 0 radical (unpaired) electrons. The maximum absolute atomic E-state index is 12.6. The summed E-state index contributed by atoms with van der Waals surface area (Å²) < 4.78 is 5.82. The van der Waals surface area contributed by atoms with Crippen molar-refractivity contribution in [1.82, 2.24) is 9.88 Å². The van der Waals surface area contributed by atoms with Gasteiger partial charge in [0.15, 0.2) is 12.4 Å². The van der Waals surface area contributed by atoms with E-state index in [1.807, 2.05) is 24.0 Å². The van der Waals surface area contributed by atoms with Crippen LogP contribution in [-0.2, 0) is 4.79 Å². The molecule has 1 aliphatic heterocycles. The minimum absolute atomic E-state index is 0.00151. The molecule has 134 valence electrons. The lowest BCUT2D eigenvalue weighted by Crippen LogP contribution is -2.45. The molecular formula is C19H22Cl2N2O2. The molecule has 1 fully saturated rings. The number of rotatable bonds is 4. The predicted octanol–water partition coefficient (Wildman–Crippen LogP) is 5.02. The van der Waals surface area contributed by atoms with E-state index in [-0.39, 0.29) is 12.5 Å². The molecule has 0 unspecified atom stereocenters. The summed E-state index contributed by atoms with van der Waals surface area (Å²) in [5.41, 5.74) is 1.43. The van der Waals surface area contributed by atoms with Crippen LogP contribution in [-0.4, -0.2) is 35.0 Å². The van der Waals surface area contributed by atoms with Crippen molar-refractivity contribution >= 4 is 40.0 Å². The fourth-order valence-electron chi connectivity index (χ4n) is 3.40. The molecule has 0 aliphatic carbocycles. The number of ether oxygens (including phenoxy) is 1. The Morgan fingerprint density at radius 1 is 1.32 bits per heavy atom.